The molecule has 1 aliphatic carbocycles. The van der Waals surface area contributed by atoms with Gasteiger partial charge in [-0.15, -0.1) is 10.2 Å². The van der Waals surface area contributed by atoms with E-state index in [1.165, 1.54) is 38.0 Å². The summed E-state index contributed by atoms with van der Waals surface area (Å²) in [5.41, 5.74) is 2.35. The largest absolute Gasteiger partial charge is 0.494 e. The van der Waals surface area contributed by atoms with Gasteiger partial charge < -0.3 is 9.47 Å². The summed E-state index contributed by atoms with van der Waals surface area (Å²) >= 11 is 7.46. The van der Waals surface area contributed by atoms with Crippen molar-refractivity contribution in [3.63, 3.8) is 0 Å². The number of hydrogen-bond acceptors (Lipinski definition) is 9. The number of esters is 1. The number of hydrogen-bond donors (Lipinski definition) is 1. The molecule has 9 nitrogen and oxygen atoms in total. The molecule has 1 fully saturated rings. The lowest BCUT2D eigenvalue weighted by Gasteiger charge is -2.24. The topological polar surface area (TPSA) is 116 Å². The second-order valence-electron chi connectivity index (χ2n) is 8.05. The maximum absolute atomic E-state index is 13.2. The van der Waals surface area contributed by atoms with Crippen LogP contribution in [0.1, 0.15) is 52.7 Å². The quantitative estimate of drug-likeness (QED) is 0.382. The van der Waals surface area contributed by atoms with Crippen LogP contribution >= 0.6 is 22.9 Å². The highest BCUT2D eigenvalue weighted by molar-refractivity contribution is 7.15. The molecule has 4 rings (SSSR count). The molecule has 0 bridgehead atoms. The summed E-state index contributed by atoms with van der Waals surface area (Å²) in [7, 11) is 2.95. The number of ether oxygens (including phenoxy) is 2. The Morgan fingerprint density at radius 1 is 1.06 bits per heavy atom. The van der Waals surface area contributed by atoms with Crippen molar-refractivity contribution in [1.29, 1.82) is 0 Å². The number of rotatable bonds is 6. The van der Waals surface area contributed by atoms with E-state index in [4.69, 9.17) is 21.1 Å². The first-order valence-corrected chi connectivity index (χ1v) is 12.0. The molecule has 0 radical (unpaired) electrons. The smallest absolute Gasteiger partial charge is 0.308 e. The number of aryl methyl sites for hydroxylation is 1. The number of aromatic nitrogens is 4. The first kappa shape index (κ1) is 24.0. The molecule has 1 saturated carbocycles. The van der Waals surface area contributed by atoms with E-state index in [-0.39, 0.29) is 28.9 Å². The van der Waals surface area contributed by atoms with Gasteiger partial charge in [-0.05, 0) is 44.7 Å². The van der Waals surface area contributed by atoms with Crippen LogP contribution in [0.3, 0.4) is 0 Å². The molecule has 1 aliphatic rings. The fourth-order valence-electron chi connectivity index (χ4n) is 4.11. The van der Waals surface area contributed by atoms with Gasteiger partial charge in [0.05, 0.1) is 31.9 Å². The minimum absolute atomic E-state index is 0.0560. The van der Waals surface area contributed by atoms with Gasteiger partial charge in [0.25, 0.3) is 5.91 Å². The van der Waals surface area contributed by atoms with Gasteiger partial charge in [0, 0.05) is 28.9 Å². The Balaban J connectivity index is 1.52. The number of pyridine rings is 2. The number of carbonyl (C=O) groups is 2. The van der Waals surface area contributed by atoms with E-state index in [0.29, 0.717) is 27.6 Å². The van der Waals surface area contributed by atoms with Crippen molar-refractivity contribution in [2.75, 3.05) is 19.5 Å². The highest BCUT2D eigenvalue weighted by Gasteiger charge is 2.29. The van der Waals surface area contributed by atoms with Gasteiger partial charge in [-0.1, -0.05) is 22.9 Å². The van der Waals surface area contributed by atoms with Crippen LogP contribution in [0, 0.1) is 12.8 Å². The zero-order valence-electron chi connectivity index (χ0n) is 19.0. The molecular weight excluding hydrogens is 478 g/mol. The first-order chi connectivity index (χ1) is 16.4. The van der Waals surface area contributed by atoms with Crippen LogP contribution in [-0.4, -0.2) is 46.3 Å². The molecule has 1 N–H and O–H groups in total. The fourth-order valence-corrected chi connectivity index (χ4v) is 5.18. The van der Waals surface area contributed by atoms with Gasteiger partial charge >= 0.3 is 5.97 Å². The van der Waals surface area contributed by atoms with E-state index >= 15 is 0 Å². The number of methoxy groups -OCH3 is 2. The minimum Gasteiger partial charge on any atom is -0.494 e. The van der Waals surface area contributed by atoms with Gasteiger partial charge in [-0.25, -0.2) is 4.98 Å². The average Bonchev–Trinajstić information content (AvgIpc) is 3.31. The highest BCUT2D eigenvalue weighted by atomic mass is 35.5. The van der Waals surface area contributed by atoms with Crippen LogP contribution in [0.15, 0.2) is 24.5 Å². The first-order valence-electron chi connectivity index (χ1n) is 10.8. The summed E-state index contributed by atoms with van der Waals surface area (Å²) < 4.78 is 10.3. The zero-order valence-corrected chi connectivity index (χ0v) is 20.6. The minimum atomic E-state index is -0.366. The number of carbonyl (C=O) groups excluding carboxylic acids is 2. The molecule has 0 spiro atoms. The van der Waals surface area contributed by atoms with Crippen LogP contribution < -0.4 is 10.1 Å². The standard InChI is InChI=1S/C23H24ClN5O4S/c1-12-8-15(16-9-19(24)26-11-18(16)32-2)17(10-25-12)20(30)27-23-29-28-21(34-23)13-4-6-14(7-5-13)22(31)33-3/h8-11,13-14H,4-7H2,1-3H3,(H,27,29,30). The van der Waals surface area contributed by atoms with Crippen molar-refractivity contribution in [3.8, 4) is 16.9 Å². The van der Waals surface area contributed by atoms with Crippen LogP contribution in [0.4, 0.5) is 5.13 Å². The number of anilines is 1. The molecule has 3 aromatic rings. The molecule has 11 heteroatoms. The van der Waals surface area contributed by atoms with Crippen LogP contribution in [-0.2, 0) is 9.53 Å². The molecule has 34 heavy (non-hydrogen) atoms. The summed E-state index contributed by atoms with van der Waals surface area (Å²) in [5.74, 6) is 0.126. The monoisotopic (exact) mass is 501 g/mol. The van der Waals surface area contributed by atoms with E-state index in [1.54, 1.807) is 12.1 Å². The molecule has 0 atom stereocenters. The maximum Gasteiger partial charge on any atom is 0.308 e. The summed E-state index contributed by atoms with van der Waals surface area (Å²) in [4.78, 5) is 33.3. The summed E-state index contributed by atoms with van der Waals surface area (Å²) in [6.45, 7) is 1.84. The van der Waals surface area contributed by atoms with E-state index in [9.17, 15) is 9.59 Å². The van der Waals surface area contributed by atoms with Crippen molar-refractivity contribution in [2.24, 2.45) is 5.92 Å². The number of halogens is 1. The zero-order chi connectivity index (χ0) is 24.2. The highest BCUT2D eigenvalue weighted by Crippen LogP contribution is 2.38. The van der Waals surface area contributed by atoms with Gasteiger partial charge in [0.1, 0.15) is 15.9 Å². The van der Waals surface area contributed by atoms with Crippen molar-refractivity contribution in [1.82, 2.24) is 20.2 Å². The van der Waals surface area contributed by atoms with E-state index < -0.39 is 0 Å². The second-order valence-corrected chi connectivity index (χ2v) is 9.45. The Labute approximate surface area is 205 Å². The SMILES string of the molecule is COC(=O)C1CCC(c2nnc(NC(=O)c3cnc(C)cc3-c3cc(Cl)ncc3OC)s2)CC1. The molecule has 0 aromatic carbocycles. The third kappa shape index (κ3) is 5.18. The molecule has 1 amide bonds. The van der Waals surface area contributed by atoms with Gasteiger partial charge in [0.2, 0.25) is 5.13 Å². The van der Waals surface area contributed by atoms with Crippen molar-refractivity contribution in [2.45, 2.75) is 38.5 Å². The average molecular weight is 502 g/mol. The van der Waals surface area contributed by atoms with Crippen molar-refractivity contribution < 1.29 is 19.1 Å². The van der Waals surface area contributed by atoms with Crippen molar-refractivity contribution in [3.05, 3.63) is 45.9 Å². The van der Waals surface area contributed by atoms with E-state index in [2.05, 4.69) is 25.5 Å². The molecular formula is C23H24ClN5O4S. The predicted octanol–water partition coefficient (Wildman–Crippen LogP) is 4.66. The third-order valence-electron chi connectivity index (χ3n) is 5.90. The molecule has 0 saturated heterocycles. The molecule has 178 valence electrons. The third-order valence-corrected chi connectivity index (χ3v) is 7.11. The predicted molar refractivity (Wildman–Crippen MR) is 128 cm³/mol. The van der Waals surface area contributed by atoms with Gasteiger partial charge in [0.15, 0.2) is 0 Å². The Bertz CT molecular complexity index is 1210. The number of nitrogens with zero attached hydrogens (tertiary/aromatic N) is 4. The van der Waals surface area contributed by atoms with Crippen LogP contribution in [0.25, 0.3) is 11.1 Å². The maximum atomic E-state index is 13.2. The molecule has 3 aromatic heterocycles. The van der Waals surface area contributed by atoms with E-state index in [0.717, 1.165) is 36.4 Å². The normalized spacial score (nSPS) is 17.8. The van der Waals surface area contributed by atoms with Gasteiger partial charge in [-0.2, -0.15) is 0 Å². The fraction of sp³-hybridized carbons (Fsp3) is 0.391. The van der Waals surface area contributed by atoms with Gasteiger partial charge in [-0.3, -0.25) is 19.9 Å². The lowest BCUT2D eigenvalue weighted by atomic mass is 9.82. The Morgan fingerprint density at radius 3 is 2.53 bits per heavy atom. The number of amides is 1. The molecule has 0 unspecified atom stereocenters. The van der Waals surface area contributed by atoms with Crippen LogP contribution in [0.2, 0.25) is 5.15 Å². The Hall–Kier alpha value is -3.11. The lowest BCUT2D eigenvalue weighted by molar-refractivity contribution is -0.146. The summed E-state index contributed by atoms with van der Waals surface area (Å²) in [6, 6.07) is 3.45. The second kappa shape index (κ2) is 10.4. The summed E-state index contributed by atoms with van der Waals surface area (Å²) in [6.07, 6.45) is 6.21. The molecule has 3 heterocycles. The molecule has 0 aliphatic heterocycles. The number of nitrogens with one attached hydrogen (secondary N) is 1. The van der Waals surface area contributed by atoms with Crippen molar-refractivity contribution >= 4 is 39.9 Å². The lowest BCUT2D eigenvalue weighted by Crippen LogP contribution is -2.22. The Morgan fingerprint density at radius 2 is 1.82 bits per heavy atom. The summed E-state index contributed by atoms with van der Waals surface area (Å²) in [5, 5.41) is 12.8. The van der Waals surface area contributed by atoms with Crippen LogP contribution in [0.5, 0.6) is 5.75 Å². The van der Waals surface area contributed by atoms with E-state index in [1.807, 2.05) is 6.92 Å². The Kier molecular flexibility index (Phi) is 7.38.